The van der Waals surface area contributed by atoms with Gasteiger partial charge in [-0.3, -0.25) is 4.79 Å². The Labute approximate surface area is 178 Å². The molecule has 2 aromatic carbocycles. The third-order valence-corrected chi connectivity index (χ3v) is 6.82. The number of thiophene rings is 1. The lowest BCUT2D eigenvalue weighted by molar-refractivity contribution is -0.128. The summed E-state index contributed by atoms with van der Waals surface area (Å²) in [5.74, 6) is 0.0417. The average Bonchev–Trinajstić information content (AvgIpc) is 3.17. The second-order valence-corrected chi connectivity index (χ2v) is 8.97. The summed E-state index contributed by atoms with van der Waals surface area (Å²) in [4.78, 5) is 24.6. The van der Waals surface area contributed by atoms with E-state index in [1.165, 1.54) is 17.3 Å². The second-order valence-electron chi connectivity index (χ2n) is 7.02. The maximum Gasteiger partial charge on any atom is 0.240 e. The van der Waals surface area contributed by atoms with Crippen LogP contribution in [0.3, 0.4) is 0 Å². The van der Waals surface area contributed by atoms with Crippen molar-refractivity contribution in [1.29, 1.82) is 0 Å². The second kappa shape index (κ2) is 8.35. The number of benzene rings is 2. The molecular formula is C23H21N3OS2. The van der Waals surface area contributed by atoms with Crippen molar-refractivity contribution in [2.24, 2.45) is 0 Å². The van der Waals surface area contributed by atoms with E-state index < -0.39 is 0 Å². The Morgan fingerprint density at radius 1 is 1.03 bits per heavy atom. The summed E-state index contributed by atoms with van der Waals surface area (Å²) in [6.45, 7) is 2.08. The van der Waals surface area contributed by atoms with E-state index in [2.05, 4.69) is 46.5 Å². The molecule has 0 N–H and O–H groups in total. The zero-order chi connectivity index (χ0) is 20.4. The fourth-order valence-corrected chi connectivity index (χ4v) is 5.36. The molecular weight excluding hydrogens is 398 g/mol. The molecule has 0 aliphatic rings. The largest absolute Gasteiger partial charge is 0.348 e. The first kappa shape index (κ1) is 19.6. The fraction of sp³-hybridized carbons (Fsp3) is 0.174. The van der Waals surface area contributed by atoms with Crippen LogP contribution >= 0.6 is 23.1 Å². The highest BCUT2D eigenvalue weighted by atomic mass is 32.2. The molecule has 6 heteroatoms. The Kier molecular flexibility index (Phi) is 5.65. The highest BCUT2D eigenvalue weighted by Gasteiger charge is 2.26. The highest BCUT2D eigenvalue weighted by Crippen LogP contribution is 2.43. The van der Waals surface area contributed by atoms with Gasteiger partial charge in [0.05, 0.1) is 5.39 Å². The van der Waals surface area contributed by atoms with Crippen molar-refractivity contribution < 1.29 is 4.79 Å². The summed E-state index contributed by atoms with van der Waals surface area (Å²) in [6.07, 6.45) is 1.59. The van der Waals surface area contributed by atoms with E-state index >= 15 is 0 Å². The Morgan fingerprint density at radius 3 is 2.45 bits per heavy atom. The minimum Gasteiger partial charge on any atom is -0.348 e. The van der Waals surface area contributed by atoms with Crippen LogP contribution in [0.1, 0.15) is 16.4 Å². The molecule has 0 spiro atoms. The Morgan fingerprint density at radius 2 is 1.76 bits per heavy atom. The van der Waals surface area contributed by atoms with Gasteiger partial charge in [-0.25, -0.2) is 9.97 Å². The van der Waals surface area contributed by atoms with Crippen LogP contribution in [0, 0.1) is 6.92 Å². The van der Waals surface area contributed by atoms with Crippen molar-refractivity contribution in [2.45, 2.75) is 17.2 Å². The normalized spacial score (nSPS) is 12.1. The first-order chi connectivity index (χ1) is 14.0. The number of thioether (sulfide) groups is 1. The van der Waals surface area contributed by atoms with Gasteiger partial charge in [-0.05, 0) is 18.1 Å². The molecule has 0 unspecified atom stereocenters. The zero-order valence-corrected chi connectivity index (χ0v) is 18.1. The van der Waals surface area contributed by atoms with Crippen molar-refractivity contribution in [3.8, 4) is 11.1 Å². The molecule has 2 heterocycles. The van der Waals surface area contributed by atoms with E-state index in [1.54, 1.807) is 36.7 Å². The fourth-order valence-electron chi connectivity index (χ4n) is 3.12. The van der Waals surface area contributed by atoms with Gasteiger partial charge in [0.1, 0.15) is 21.4 Å². The minimum atomic E-state index is -0.366. The van der Waals surface area contributed by atoms with E-state index in [0.29, 0.717) is 0 Å². The smallest absolute Gasteiger partial charge is 0.240 e. The van der Waals surface area contributed by atoms with Crippen LogP contribution in [-0.4, -0.2) is 34.9 Å². The van der Waals surface area contributed by atoms with Gasteiger partial charge in [0.25, 0.3) is 0 Å². The summed E-state index contributed by atoms with van der Waals surface area (Å²) in [5, 5.41) is 3.60. The monoisotopic (exact) mass is 419 g/mol. The van der Waals surface area contributed by atoms with E-state index in [-0.39, 0.29) is 11.2 Å². The molecule has 4 rings (SSSR count). The predicted octanol–water partition coefficient (Wildman–Crippen LogP) is 5.59. The molecule has 0 saturated heterocycles. The van der Waals surface area contributed by atoms with E-state index in [9.17, 15) is 4.79 Å². The molecule has 1 amide bonds. The number of aryl methyl sites for hydroxylation is 1. The Bertz CT molecular complexity index is 1140. The third kappa shape index (κ3) is 4.04. The van der Waals surface area contributed by atoms with Gasteiger partial charge >= 0.3 is 0 Å². The third-order valence-electron chi connectivity index (χ3n) is 4.69. The molecule has 29 heavy (non-hydrogen) atoms. The van der Waals surface area contributed by atoms with E-state index in [1.807, 2.05) is 30.3 Å². The number of amides is 1. The van der Waals surface area contributed by atoms with Crippen LogP contribution in [0.4, 0.5) is 0 Å². The molecule has 0 radical (unpaired) electrons. The predicted molar refractivity (Wildman–Crippen MR) is 121 cm³/mol. The standard InChI is InChI=1S/C23H21N3OS2/c1-15-9-11-16(12-10-15)18-13-28-21-19(18)22(25-14-24-21)29-20(23(27)26(2)3)17-7-5-4-6-8-17/h4-14,20H,1-3H3/t20-/m0/s1. The van der Waals surface area contributed by atoms with Gasteiger partial charge in [-0.1, -0.05) is 71.9 Å². The topological polar surface area (TPSA) is 46.1 Å². The van der Waals surface area contributed by atoms with E-state index in [0.717, 1.165) is 31.9 Å². The van der Waals surface area contributed by atoms with Gasteiger partial charge in [0, 0.05) is 25.0 Å². The molecule has 0 aliphatic heterocycles. The number of nitrogens with zero attached hydrogens (tertiary/aromatic N) is 3. The van der Waals surface area contributed by atoms with Gasteiger partial charge < -0.3 is 4.90 Å². The number of rotatable bonds is 5. The zero-order valence-electron chi connectivity index (χ0n) is 16.5. The van der Waals surface area contributed by atoms with Crippen molar-refractivity contribution >= 4 is 39.2 Å². The van der Waals surface area contributed by atoms with Crippen molar-refractivity contribution in [2.75, 3.05) is 14.1 Å². The molecule has 4 aromatic rings. The minimum absolute atomic E-state index is 0.0417. The Balaban J connectivity index is 1.81. The number of carbonyl (C=O) groups is 1. The van der Waals surface area contributed by atoms with Crippen LogP contribution in [0.25, 0.3) is 21.3 Å². The number of hydrogen-bond donors (Lipinski definition) is 0. The quantitative estimate of drug-likeness (QED) is 0.313. The number of carbonyl (C=O) groups excluding carboxylic acids is 1. The maximum atomic E-state index is 13.0. The lowest BCUT2D eigenvalue weighted by atomic mass is 10.1. The lowest BCUT2D eigenvalue weighted by Crippen LogP contribution is -2.26. The molecule has 0 aliphatic carbocycles. The number of hydrogen-bond acceptors (Lipinski definition) is 5. The van der Waals surface area contributed by atoms with Crippen molar-refractivity contribution in [3.63, 3.8) is 0 Å². The number of likely N-dealkylation sites (N-methyl/N-ethyl adjacent to an activating group) is 1. The van der Waals surface area contributed by atoms with Crippen molar-refractivity contribution in [1.82, 2.24) is 14.9 Å². The van der Waals surface area contributed by atoms with Crippen LogP contribution in [0.5, 0.6) is 0 Å². The molecule has 0 bridgehead atoms. The van der Waals surface area contributed by atoms with Gasteiger partial charge in [-0.2, -0.15) is 0 Å². The van der Waals surface area contributed by atoms with E-state index in [4.69, 9.17) is 0 Å². The number of fused-ring (bicyclic) bond motifs is 1. The first-order valence-corrected chi connectivity index (χ1v) is 11.0. The summed E-state index contributed by atoms with van der Waals surface area (Å²) < 4.78 is 0. The van der Waals surface area contributed by atoms with Crippen LogP contribution in [0.15, 0.2) is 71.3 Å². The summed E-state index contributed by atoms with van der Waals surface area (Å²) >= 11 is 3.09. The Hall–Kier alpha value is -2.70. The average molecular weight is 420 g/mol. The summed E-state index contributed by atoms with van der Waals surface area (Å²) in [7, 11) is 3.58. The summed E-state index contributed by atoms with van der Waals surface area (Å²) in [5.41, 5.74) is 4.43. The maximum absolute atomic E-state index is 13.0. The highest BCUT2D eigenvalue weighted by molar-refractivity contribution is 8.00. The SMILES string of the molecule is Cc1ccc(-c2csc3ncnc(S[C@H](C(=O)N(C)C)c4ccccc4)c23)cc1. The van der Waals surface area contributed by atoms with Crippen LogP contribution in [-0.2, 0) is 4.79 Å². The van der Waals surface area contributed by atoms with Crippen molar-refractivity contribution in [3.05, 3.63) is 77.4 Å². The van der Waals surface area contributed by atoms with Crippen LogP contribution in [0.2, 0.25) is 0 Å². The first-order valence-electron chi connectivity index (χ1n) is 9.26. The van der Waals surface area contributed by atoms with Gasteiger partial charge in [0.2, 0.25) is 5.91 Å². The van der Waals surface area contributed by atoms with Crippen LogP contribution < -0.4 is 0 Å². The summed E-state index contributed by atoms with van der Waals surface area (Å²) in [6, 6.07) is 18.3. The molecule has 0 saturated carbocycles. The number of aromatic nitrogens is 2. The van der Waals surface area contributed by atoms with Gasteiger partial charge in [-0.15, -0.1) is 11.3 Å². The molecule has 146 valence electrons. The molecule has 4 nitrogen and oxygen atoms in total. The lowest BCUT2D eigenvalue weighted by Gasteiger charge is -2.20. The molecule has 2 aromatic heterocycles. The molecule has 1 atom stereocenters. The molecule has 0 fully saturated rings. The van der Waals surface area contributed by atoms with Gasteiger partial charge in [0.15, 0.2) is 0 Å².